The summed E-state index contributed by atoms with van der Waals surface area (Å²) in [5, 5.41) is 0.0891. The summed E-state index contributed by atoms with van der Waals surface area (Å²) in [4.78, 5) is 15.3. The maximum Gasteiger partial charge on any atom is 0.288 e. The van der Waals surface area contributed by atoms with E-state index in [2.05, 4.69) is 4.98 Å². The summed E-state index contributed by atoms with van der Waals surface area (Å²) in [7, 11) is 1.58. The Morgan fingerprint density at radius 2 is 2.27 bits per heavy atom. The summed E-state index contributed by atoms with van der Waals surface area (Å²) < 4.78 is 6.48. The van der Waals surface area contributed by atoms with Gasteiger partial charge in [-0.2, -0.15) is 0 Å². The van der Waals surface area contributed by atoms with Crippen molar-refractivity contribution in [3.8, 4) is 0 Å². The van der Waals surface area contributed by atoms with Gasteiger partial charge in [-0.15, -0.1) is 0 Å². The molecule has 0 aliphatic rings. The van der Waals surface area contributed by atoms with E-state index in [1.54, 1.807) is 7.11 Å². The first kappa shape index (κ1) is 12.5. The SMILES string of the molecule is CC[C@H](COC)n1cc(Cl)nc(Cl)c1=O. The number of halogens is 2. The van der Waals surface area contributed by atoms with Crippen LogP contribution in [-0.2, 0) is 4.74 Å². The normalized spacial score (nSPS) is 12.8. The highest BCUT2D eigenvalue weighted by Gasteiger charge is 2.13. The number of hydrogen-bond acceptors (Lipinski definition) is 3. The maximum absolute atomic E-state index is 11.7. The van der Waals surface area contributed by atoms with Crippen LogP contribution in [0.3, 0.4) is 0 Å². The average molecular weight is 251 g/mol. The Hall–Kier alpha value is -0.580. The molecule has 0 spiro atoms. The van der Waals surface area contributed by atoms with Crippen molar-refractivity contribution < 1.29 is 4.74 Å². The van der Waals surface area contributed by atoms with Crippen molar-refractivity contribution in [1.29, 1.82) is 0 Å². The highest BCUT2D eigenvalue weighted by Crippen LogP contribution is 2.13. The first-order valence-electron chi connectivity index (χ1n) is 4.53. The molecule has 0 bridgehead atoms. The molecule has 6 heteroatoms. The molecule has 1 atom stereocenters. The lowest BCUT2D eigenvalue weighted by Crippen LogP contribution is -2.27. The van der Waals surface area contributed by atoms with Crippen LogP contribution in [0.5, 0.6) is 0 Å². The number of ether oxygens (including phenoxy) is 1. The summed E-state index contributed by atoms with van der Waals surface area (Å²) >= 11 is 11.4. The molecular formula is C9H12Cl2N2O2. The monoisotopic (exact) mass is 250 g/mol. The molecule has 0 amide bonds. The van der Waals surface area contributed by atoms with Crippen molar-refractivity contribution >= 4 is 23.2 Å². The quantitative estimate of drug-likeness (QED) is 0.823. The maximum atomic E-state index is 11.7. The second-order valence-corrected chi connectivity index (χ2v) is 3.83. The Balaban J connectivity index is 3.16. The lowest BCUT2D eigenvalue weighted by Gasteiger charge is -2.17. The van der Waals surface area contributed by atoms with E-state index in [0.717, 1.165) is 6.42 Å². The minimum absolute atomic E-state index is 0.0690. The molecule has 84 valence electrons. The van der Waals surface area contributed by atoms with E-state index < -0.39 is 0 Å². The molecule has 15 heavy (non-hydrogen) atoms. The van der Waals surface area contributed by atoms with Crippen molar-refractivity contribution in [2.75, 3.05) is 13.7 Å². The standard InChI is InChI=1S/C9H12Cl2N2O2/c1-3-6(5-15-2)13-4-7(10)12-8(11)9(13)14/h4,6H,3,5H2,1-2H3/t6-/m1/s1. The number of methoxy groups -OCH3 is 1. The summed E-state index contributed by atoms with van der Waals surface area (Å²) in [5.74, 6) is 0. The summed E-state index contributed by atoms with van der Waals surface area (Å²) in [6, 6.07) is -0.0690. The third-order valence-electron chi connectivity index (χ3n) is 2.09. The fraction of sp³-hybridized carbons (Fsp3) is 0.556. The minimum atomic E-state index is -0.343. The van der Waals surface area contributed by atoms with Gasteiger partial charge in [0.25, 0.3) is 5.56 Å². The van der Waals surface area contributed by atoms with Crippen LogP contribution in [0.25, 0.3) is 0 Å². The highest BCUT2D eigenvalue weighted by atomic mass is 35.5. The number of hydrogen-bond donors (Lipinski definition) is 0. The lowest BCUT2D eigenvalue weighted by atomic mass is 10.2. The van der Waals surface area contributed by atoms with E-state index in [1.165, 1.54) is 10.8 Å². The second-order valence-electron chi connectivity index (χ2n) is 3.08. The van der Waals surface area contributed by atoms with Crippen LogP contribution in [0, 0.1) is 0 Å². The van der Waals surface area contributed by atoms with Crippen LogP contribution >= 0.6 is 23.2 Å². The Morgan fingerprint density at radius 1 is 1.60 bits per heavy atom. The van der Waals surface area contributed by atoms with Crippen LogP contribution in [0.15, 0.2) is 11.0 Å². The molecule has 0 unspecified atom stereocenters. The summed E-state index contributed by atoms with van der Waals surface area (Å²) in [6.07, 6.45) is 2.23. The molecule has 0 saturated heterocycles. The Morgan fingerprint density at radius 3 is 2.80 bits per heavy atom. The van der Waals surface area contributed by atoms with E-state index in [9.17, 15) is 4.79 Å². The fourth-order valence-corrected chi connectivity index (χ4v) is 1.73. The lowest BCUT2D eigenvalue weighted by molar-refractivity contribution is 0.151. The van der Waals surface area contributed by atoms with Gasteiger partial charge in [0.05, 0.1) is 12.6 Å². The van der Waals surface area contributed by atoms with Crippen molar-refractivity contribution in [3.05, 3.63) is 26.9 Å². The van der Waals surface area contributed by atoms with Gasteiger partial charge in [-0.25, -0.2) is 4.98 Å². The molecule has 0 saturated carbocycles. The molecule has 0 aromatic carbocycles. The van der Waals surface area contributed by atoms with Gasteiger partial charge in [0.15, 0.2) is 5.15 Å². The molecule has 0 radical (unpaired) electrons. The van der Waals surface area contributed by atoms with Crippen LogP contribution < -0.4 is 5.56 Å². The Labute approximate surface area is 97.8 Å². The van der Waals surface area contributed by atoms with E-state index in [4.69, 9.17) is 27.9 Å². The topological polar surface area (TPSA) is 44.1 Å². The molecular weight excluding hydrogens is 239 g/mol. The van der Waals surface area contributed by atoms with Gasteiger partial charge in [0, 0.05) is 13.3 Å². The van der Waals surface area contributed by atoms with E-state index >= 15 is 0 Å². The molecule has 0 fully saturated rings. The third kappa shape index (κ3) is 2.93. The van der Waals surface area contributed by atoms with Crippen LogP contribution in [0.1, 0.15) is 19.4 Å². The predicted octanol–water partition coefficient (Wildman–Crippen LogP) is 2.15. The van der Waals surface area contributed by atoms with Crippen LogP contribution in [0.4, 0.5) is 0 Å². The first-order chi connectivity index (χ1) is 7.10. The van der Waals surface area contributed by atoms with Gasteiger partial charge < -0.3 is 9.30 Å². The van der Waals surface area contributed by atoms with E-state index in [-0.39, 0.29) is 21.9 Å². The first-order valence-corrected chi connectivity index (χ1v) is 5.28. The molecule has 1 aromatic heterocycles. The Bertz CT molecular complexity index is 392. The van der Waals surface area contributed by atoms with Gasteiger partial charge in [-0.05, 0) is 6.42 Å². The number of rotatable bonds is 4. The molecule has 0 N–H and O–H groups in total. The molecule has 4 nitrogen and oxygen atoms in total. The van der Waals surface area contributed by atoms with Crippen molar-refractivity contribution in [3.63, 3.8) is 0 Å². The summed E-state index contributed by atoms with van der Waals surface area (Å²) in [5.41, 5.74) is -0.343. The van der Waals surface area contributed by atoms with Crippen molar-refractivity contribution in [2.45, 2.75) is 19.4 Å². The zero-order chi connectivity index (χ0) is 11.4. The largest absolute Gasteiger partial charge is 0.383 e. The number of aromatic nitrogens is 2. The predicted molar refractivity (Wildman–Crippen MR) is 59.7 cm³/mol. The molecule has 1 rings (SSSR count). The van der Waals surface area contributed by atoms with Gasteiger partial charge in [-0.3, -0.25) is 4.79 Å². The summed E-state index contributed by atoms with van der Waals surface area (Å²) in [6.45, 7) is 2.39. The van der Waals surface area contributed by atoms with Gasteiger partial charge in [0.1, 0.15) is 5.15 Å². The Kier molecular flexibility index (Phi) is 4.57. The van der Waals surface area contributed by atoms with E-state index in [1.807, 2.05) is 6.92 Å². The molecule has 0 aliphatic heterocycles. The van der Waals surface area contributed by atoms with Crippen LogP contribution in [0.2, 0.25) is 10.3 Å². The zero-order valence-electron chi connectivity index (χ0n) is 8.54. The minimum Gasteiger partial charge on any atom is -0.383 e. The molecule has 1 aromatic rings. The van der Waals surface area contributed by atoms with Gasteiger partial charge in [0.2, 0.25) is 0 Å². The van der Waals surface area contributed by atoms with Gasteiger partial charge >= 0.3 is 0 Å². The van der Waals surface area contributed by atoms with E-state index in [0.29, 0.717) is 6.61 Å². The van der Waals surface area contributed by atoms with Crippen LogP contribution in [-0.4, -0.2) is 23.3 Å². The molecule has 1 heterocycles. The fourth-order valence-electron chi connectivity index (χ4n) is 1.31. The highest BCUT2D eigenvalue weighted by molar-refractivity contribution is 6.32. The average Bonchev–Trinajstić information content (AvgIpc) is 2.20. The second kappa shape index (κ2) is 5.49. The number of nitrogens with zero attached hydrogens (tertiary/aromatic N) is 2. The van der Waals surface area contributed by atoms with Gasteiger partial charge in [-0.1, -0.05) is 30.1 Å². The van der Waals surface area contributed by atoms with Crippen molar-refractivity contribution in [2.24, 2.45) is 0 Å². The zero-order valence-corrected chi connectivity index (χ0v) is 10.0. The van der Waals surface area contributed by atoms with Crippen molar-refractivity contribution in [1.82, 2.24) is 9.55 Å². The third-order valence-corrected chi connectivity index (χ3v) is 2.51. The molecule has 0 aliphatic carbocycles. The smallest absolute Gasteiger partial charge is 0.288 e.